The van der Waals surface area contributed by atoms with Crippen molar-refractivity contribution in [2.75, 3.05) is 32.8 Å². The van der Waals surface area contributed by atoms with E-state index in [0.717, 1.165) is 45.5 Å². The molecule has 0 aromatic rings. The predicted molar refractivity (Wildman–Crippen MR) is 64.4 cm³/mol. The van der Waals surface area contributed by atoms with Crippen LogP contribution < -0.4 is 5.32 Å². The molecule has 1 fully saturated rings. The van der Waals surface area contributed by atoms with Crippen molar-refractivity contribution in [3.05, 3.63) is 0 Å². The molecule has 0 bridgehead atoms. The van der Waals surface area contributed by atoms with Crippen molar-refractivity contribution < 1.29 is 9.53 Å². The molecule has 1 rings (SSSR count). The number of likely N-dealkylation sites (tertiary alicyclic amines) is 1. The second-order valence-electron chi connectivity index (χ2n) is 4.32. The van der Waals surface area contributed by atoms with E-state index in [2.05, 4.69) is 12.2 Å². The molecule has 1 N–H and O–H groups in total. The lowest BCUT2D eigenvalue weighted by atomic mass is 10.3. The summed E-state index contributed by atoms with van der Waals surface area (Å²) in [6.07, 6.45) is 3.35. The van der Waals surface area contributed by atoms with Crippen molar-refractivity contribution in [1.29, 1.82) is 0 Å². The van der Waals surface area contributed by atoms with Gasteiger partial charge < -0.3 is 15.0 Å². The van der Waals surface area contributed by atoms with Crippen LogP contribution in [0, 0.1) is 0 Å². The van der Waals surface area contributed by atoms with Crippen molar-refractivity contribution in [3.8, 4) is 0 Å². The quantitative estimate of drug-likeness (QED) is 0.661. The number of carbonyl (C=O) groups excluding carboxylic acids is 1. The number of ether oxygens (including phenoxy) is 1. The first-order valence-corrected chi connectivity index (χ1v) is 6.35. The van der Waals surface area contributed by atoms with Gasteiger partial charge in [0.05, 0.1) is 12.6 Å². The molecule has 1 aliphatic heterocycles. The first-order chi connectivity index (χ1) is 7.75. The lowest BCUT2D eigenvalue weighted by molar-refractivity contribution is -0.132. The highest BCUT2D eigenvalue weighted by Gasteiger charge is 2.22. The van der Waals surface area contributed by atoms with Gasteiger partial charge in [-0.25, -0.2) is 0 Å². The molecule has 0 aromatic heterocycles. The minimum Gasteiger partial charge on any atom is -0.380 e. The van der Waals surface area contributed by atoms with E-state index in [4.69, 9.17) is 4.74 Å². The van der Waals surface area contributed by atoms with Crippen molar-refractivity contribution in [1.82, 2.24) is 10.2 Å². The summed E-state index contributed by atoms with van der Waals surface area (Å²) in [7, 11) is 0. The number of carbonyl (C=O) groups is 1. The molecule has 0 aliphatic carbocycles. The Morgan fingerprint density at radius 2 is 2.06 bits per heavy atom. The van der Waals surface area contributed by atoms with Gasteiger partial charge in [-0.15, -0.1) is 0 Å². The fraction of sp³-hybridized carbons (Fsp3) is 0.917. The highest BCUT2D eigenvalue weighted by Crippen LogP contribution is 2.08. The molecule has 1 saturated heterocycles. The van der Waals surface area contributed by atoms with Gasteiger partial charge in [-0.1, -0.05) is 6.92 Å². The zero-order chi connectivity index (χ0) is 11.8. The van der Waals surface area contributed by atoms with E-state index >= 15 is 0 Å². The van der Waals surface area contributed by atoms with E-state index in [1.807, 2.05) is 11.8 Å². The SMILES string of the molecule is CCCOCCNC(C)C(=O)N1CCCC1. The molecule has 16 heavy (non-hydrogen) atoms. The highest BCUT2D eigenvalue weighted by molar-refractivity contribution is 5.81. The summed E-state index contributed by atoms with van der Waals surface area (Å²) < 4.78 is 5.35. The Labute approximate surface area is 98.3 Å². The second kappa shape index (κ2) is 7.63. The Kier molecular flexibility index (Phi) is 6.42. The van der Waals surface area contributed by atoms with Crippen LogP contribution in [0.4, 0.5) is 0 Å². The maximum absolute atomic E-state index is 11.9. The average Bonchev–Trinajstić information content (AvgIpc) is 2.81. The monoisotopic (exact) mass is 228 g/mol. The average molecular weight is 228 g/mol. The zero-order valence-electron chi connectivity index (χ0n) is 10.5. The number of nitrogens with zero attached hydrogens (tertiary/aromatic N) is 1. The van der Waals surface area contributed by atoms with Crippen LogP contribution in [0.3, 0.4) is 0 Å². The van der Waals surface area contributed by atoms with Gasteiger partial charge in [-0.05, 0) is 26.2 Å². The van der Waals surface area contributed by atoms with Crippen LogP contribution in [0.2, 0.25) is 0 Å². The summed E-state index contributed by atoms with van der Waals surface area (Å²) in [4.78, 5) is 13.8. The van der Waals surface area contributed by atoms with E-state index in [9.17, 15) is 4.79 Å². The van der Waals surface area contributed by atoms with E-state index in [1.165, 1.54) is 0 Å². The van der Waals surface area contributed by atoms with E-state index < -0.39 is 0 Å². The molecule has 1 heterocycles. The fourth-order valence-corrected chi connectivity index (χ4v) is 1.89. The van der Waals surface area contributed by atoms with Crippen molar-refractivity contribution in [2.24, 2.45) is 0 Å². The summed E-state index contributed by atoms with van der Waals surface area (Å²) in [5, 5.41) is 3.20. The molecule has 4 nitrogen and oxygen atoms in total. The smallest absolute Gasteiger partial charge is 0.239 e. The molecule has 0 aromatic carbocycles. The number of hydrogen-bond acceptors (Lipinski definition) is 3. The fourth-order valence-electron chi connectivity index (χ4n) is 1.89. The third-order valence-corrected chi connectivity index (χ3v) is 2.83. The Morgan fingerprint density at radius 1 is 1.38 bits per heavy atom. The van der Waals surface area contributed by atoms with E-state index in [0.29, 0.717) is 6.61 Å². The molecular formula is C12H24N2O2. The van der Waals surface area contributed by atoms with Gasteiger partial charge in [0.1, 0.15) is 0 Å². The Hall–Kier alpha value is -0.610. The molecule has 94 valence electrons. The number of nitrogens with one attached hydrogen (secondary N) is 1. The summed E-state index contributed by atoms with van der Waals surface area (Å²) in [6, 6.07) is -0.0803. The van der Waals surface area contributed by atoms with Crippen LogP contribution in [0.25, 0.3) is 0 Å². The normalized spacial score (nSPS) is 17.8. The maximum atomic E-state index is 11.9. The molecule has 1 amide bonds. The Morgan fingerprint density at radius 3 is 2.69 bits per heavy atom. The molecule has 4 heteroatoms. The highest BCUT2D eigenvalue weighted by atomic mass is 16.5. The predicted octanol–water partition coefficient (Wildman–Crippen LogP) is 1.01. The maximum Gasteiger partial charge on any atom is 0.239 e. The van der Waals surface area contributed by atoms with Crippen LogP contribution in [0.5, 0.6) is 0 Å². The van der Waals surface area contributed by atoms with Crippen molar-refractivity contribution in [3.63, 3.8) is 0 Å². The third kappa shape index (κ3) is 4.49. The van der Waals surface area contributed by atoms with Crippen LogP contribution in [0.1, 0.15) is 33.1 Å². The second-order valence-corrected chi connectivity index (χ2v) is 4.32. The minimum atomic E-state index is -0.0803. The molecule has 1 atom stereocenters. The van der Waals surface area contributed by atoms with Gasteiger partial charge in [0.15, 0.2) is 0 Å². The van der Waals surface area contributed by atoms with Crippen molar-refractivity contribution >= 4 is 5.91 Å². The van der Waals surface area contributed by atoms with Gasteiger partial charge in [0.25, 0.3) is 0 Å². The largest absolute Gasteiger partial charge is 0.380 e. The molecule has 0 radical (unpaired) electrons. The van der Waals surface area contributed by atoms with Crippen LogP contribution in [-0.4, -0.2) is 49.7 Å². The number of hydrogen-bond donors (Lipinski definition) is 1. The lowest BCUT2D eigenvalue weighted by Gasteiger charge is -2.21. The van der Waals surface area contributed by atoms with E-state index in [1.54, 1.807) is 0 Å². The molecule has 0 spiro atoms. The minimum absolute atomic E-state index is 0.0803. The first-order valence-electron chi connectivity index (χ1n) is 6.35. The van der Waals surface area contributed by atoms with Gasteiger partial charge in [0, 0.05) is 26.2 Å². The molecule has 1 unspecified atom stereocenters. The van der Waals surface area contributed by atoms with Gasteiger partial charge in [0.2, 0.25) is 5.91 Å². The van der Waals surface area contributed by atoms with Gasteiger partial charge in [-0.2, -0.15) is 0 Å². The summed E-state index contributed by atoms with van der Waals surface area (Å²) in [6.45, 7) is 8.12. The molecule has 1 aliphatic rings. The standard InChI is InChI=1S/C12H24N2O2/c1-3-9-16-10-6-13-11(2)12(15)14-7-4-5-8-14/h11,13H,3-10H2,1-2H3. The Balaban J connectivity index is 2.08. The summed E-state index contributed by atoms with van der Waals surface area (Å²) >= 11 is 0. The lowest BCUT2D eigenvalue weighted by Crippen LogP contribution is -2.44. The van der Waals surface area contributed by atoms with Gasteiger partial charge >= 0.3 is 0 Å². The van der Waals surface area contributed by atoms with E-state index in [-0.39, 0.29) is 11.9 Å². The molecule has 0 saturated carbocycles. The zero-order valence-corrected chi connectivity index (χ0v) is 10.5. The molecular weight excluding hydrogens is 204 g/mol. The summed E-state index contributed by atoms with van der Waals surface area (Å²) in [5.74, 6) is 0.230. The topological polar surface area (TPSA) is 41.6 Å². The summed E-state index contributed by atoms with van der Waals surface area (Å²) in [5.41, 5.74) is 0. The first kappa shape index (κ1) is 13.5. The van der Waals surface area contributed by atoms with Crippen LogP contribution >= 0.6 is 0 Å². The Bertz CT molecular complexity index is 203. The third-order valence-electron chi connectivity index (χ3n) is 2.83. The van der Waals surface area contributed by atoms with Gasteiger partial charge in [-0.3, -0.25) is 4.79 Å². The number of rotatable bonds is 7. The van der Waals surface area contributed by atoms with Crippen LogP contribution in [-0.2, 0) is 9.53 Å². The van der Waals surface area contributed by atoms with Crippen LogP contribution in [0.15, 0.2) is 0 Å². The van der Waals surface area contributed by atoms with Crippen molar-refractivity contribution in [2.45, 2.75) is 39.2 Å². The number of amides is 1.